The van der Waals surface area contributed by atoms with Crippen molar-refractivity contribution in [2.75, 3.05) is 0 Å². The zero-order valence-electron chi connectivity index (χ0n) is 19.9. The molecule has 0 spiro atoms. The van der Waals surface area contributed by atoms with Gasteiger partial charge in [-0.05, 0) is 69.4 Å². The molecule has 0 heterocycles. The van der Waals surface area contributed by atoms with Gasteiger partial charge in [0.15, 0.2) is 0 Å². The van der Waals surface area contributed by atoms with Crippen molar-refractivity contribution < 1.29 is 31.5 Å². The van der Waals surface area contributed by atoms with E-state index in [1.165, 1.54) is 0 Å². The number of carbonyl (C=O) groups is 1. The smallest absolute Gasteiger partial charge is 0.388 e. The van der Waals surface area contributed by atoms with Crippen LogP contribution in [0.15, 0.2) is 59.5 Å². The van der Waals surface area contributed by atoms with Crippen LogP contribution in [-0.2, 0) is 21.0 Å². The molecule has 1 aliphatic rings. The normalized spacial score (nSPS) is 22.4. The third-order valence-corrected chi connectivity index (χ3v) is 8.10. The number of rotatable bonds is 7. The highest BCUT2D eigenvalue weighted by atomic mass is 32.2. The van der Waals surface area contributed by atoms with Gasteiger partial charge in [0.25, 0.3) is 0 Å². The summed E-state index contributed by atoms with van der Waals surface area (Å²) in [5.41, 5.74) is -2.11. The van der Waals surface area contributed by atoms with Crippen LogP contribution in [0, 0.1) is 5.41 Å². The molecular weight excluding hydrogens is 481 g/mol. The van der Waals surface area contributed by atoms with E-state index in [0.717, 1.165) is 29.8 Å². The van der Waals surface area contributed by atoms with Crippen LogP contribution in [0.25, 0.3) is 0 Å². The molecule has 0 unspecified atom stereocenters. The second kappa shape index (κ2) is 9.91. The van der Waals surface area contributed by atoms with E-state index in [1.807, 2.05) is 37.3 Å². The van der Waals surface area contributed by atoms with E-state index in [4.69, 9.17) is 0 Å². The van der Waals surface area contributed by atoms with Crippen molar-refractivity contribution >= 4 is 15.9 Å². The molecule has 192 valence electrons. The Balaban J connectivity index is 1.64. The van der Waals surface area contributed by atoms with Gasteiger partial charge in [-0.1, -0.05) is 37.3 Å². The number of carbonyl (C=O) groups excluding carboxylic acids is 1. The van der Waals surface area contributed by atoms with Crippen LogP contribution in [0.3, 0.4) is 0 Å². The summed E-state index contributed by atoms with van der Waals surface area (Å²) in [4.78, 5) is 13.0. The first-order valence-electron chi connectivity index (χ1n) is 11.4. The fourth-order valence-electron chi connectivity index (χ4n) is 4.33. The topological polar surface area (TPSA) is 95.5 Å². The first-order chi connectivity index (χ1) is 16.1. The summed E-state index contributed by atoms with van der Waals surface area (Å²) in [6.45, 7) is 5.07. The summed E-state index contributed by atoms with van der Waals surface area (Å²) in [6.07, 6.45) is -2.95. The number of sulfonamides is 1. The number of hydrogen-bond donors (Lipinski definition) is 3. The highest BCUT2D eigenvalue weighted by molar-refractivity contribution is 7.89. The largest absolute Gasteiger partial charge is 0.416 e. The Labute approximate surface area is 204 Å². The molecule has 3 N–H and O–H groups in total. The molecule has 1 saturated carbocycles. The zero-order valence-corrected chi connectivity index (χ0v) is 20.7. The second-order valence-corrected chi connectivity index (χ2v) is 11.7. The van der Waals surface area contributed by atoms with Gasteiger partial charge in [-0.15, -0.1) is 0 Å². The van der Waals surface area contributed by atoms with Crippen molar-refractivity contribution in [3.63, 3.8) is 0 Å². The van der Waals surface area contributed by atoms with Gasteiger partial charge >= 0.3 is 6.18 Å². The van der Waals surface area contributed by atoms with Crippen LogP contribution < -0.4 is 10.0 Å². The Bertz CT molecular complexity index is 1120. The van der Waals surface area contributed by atoms with Gasteiger partial charge in [-0.25, -0.2) is 13.1 Å². The number of alkyl halides is 3. The van der Waals surface area contributed by atoms with Gasteiger partial charge in [-0.2, -0.15) is 13.2 Å². The van der Waals surface area contributed by atoms with Gasteiger partial charge in [0.05, 0.1) is 22.1 Å². The highest BCUT2D eigenvalue weighted by Crippen LogP contribution is 2.38. The lowest BCUT2D eigenvalue weighted by Crippen LogP contribution is -2.50. The molecule has 3 rings (SSSR count). The number of amides is 1. The molecule has 2 aromatic carbocycles. The van der Waals surface area contributed by atoms with Gasteiger partial charge < -0.3 is 10.4 Å². The standard InChI is InChI=1S/C25H31F3N2O4S/c1-23(2,32)21(17-7-5-4-6-8-17)29-22(31)24(3)15-13-19(14-16-24)30-35(33,34)20-11-9-18(10-12-20)25(26,27)28/h4-12,19,21,30,32H,13-16H2,1-3H3,(H,29,31)/t19-,21-,24-/m0/s1. The van der Waals surface area contributed by atoms with Gasteiger partial charge in [0.2, 0.25) is 15.9 Å². The summed E-state index contributed by atoms with van der Waals surface area (Å²) in [5, 5.41) is 13.6. The van der Waals surface area contributed by atoms with Crippen LogP contribution in [-0.4, -0.2) is 31.1 Å². The third-order valence-electron chi connectivity index (χ3n) is 6.57. The van der Waals surface area contributed by atoms with E-state index < -0.39 is 44.9 Å². The first kappa shape index (κ1) is 27.2. The number of benzene rings is 2. The van der Waals surface area contributed by atoms with Crippen molar-refractivity contribution in [2.45, 2.75) is 75.2 Å². The van der Waals surface area contributed by atoms with Gasteiger partial charge in [0, 0.05) is 11.5 Å². The Hall–Kier alpha value is -2.43. The van der Waals surface area contributed by atoms with Crippen LogP contribution in [0.2, 0.25) is 0 Å². The van der Waals surface area contributed by atoms with Crippen LogP contribution in [0.4, 0.5) is 13.2 Å². The molecule has 6 nitrogen and oxygen atoms in total. The Morgan fingerprint density at radius 1 is 1.03 bits per heavy atom. The summed E-state index contributed by atoms with van der Waals surface area (Å²) < 4.78 is 66.2. The lowest BCUT2D eigenvalue weighted by Gasteiger charge is -2.39. The lowest BCUT2D eigenvalue weighted by atomic mass is 9.73. The fourth-order valence-corrected chi connectivity index (χ4v) is 5.63. The van der Waals surface area contributed by atoms with E-state index in [1.54, 1.807) is 13.8 Å². The lowest BCUT2D eigenvalue weighted by molar-refractivity contribution is -0.137. The maximum absolute atomic E-state index is 13.2. The number of aliphatic hydroxyl groups is 1. The van der Waals surface area contributed by atoms with E-state index in [-0.39, 0.29) is 10.8 Å². The number of hydrogen-bond acceptors (Lipinski definition) is 4. The second-order valence-electron chi connectivity index (χ2n) is 9.95. The summed E-state index contributed by atoms with van der Waals surface area (Å²) in [6, 6.07) is 11.5. The number of halogens is 3. The highest BCUT2D eigenvalue weighted by Gasteiger charge is 2.41. The molecule has 1 amide bonds. The maximum atomic E-state index is 13.2. The molecule has 0 aromatic heterocycles. The molecule has 1 atom stereocenters. The zero-order chi connectivity index (χ0) is 26.1. The minimum absolute atomic E-state index is 0.225. The molecule has 1 aliphatic carbocycles. The summed E-state index contributed by atoms with van der Waals surface area (Å²) in [5.74, 6) is -0.225. The predicted octanol–water partition coefficient (Wildman–Crippen LogP) is 4.56. The van der Waals surface area contributed by atoms with Crippen molar-refractivity contribution in [2.24, 2.45) is 5.41 Å². The van der Waals surface area contributed by atoms with Crippen molar-refractivity contribution in [1.82, 2.24) is 10.0 Å². The van der Waals surface area contributed by atoms with Crippen molar-refractivity contribution in [3.05, 3.63) is 65.7 Å². The fraction of sp³-hybridized carbons (Fsp3) is 0.480. The van der Waals surface area contributed by atoms with Crippen molar-refractivity contribution in [3.8, 4) is 0 Å². The van der Waals surface area contributed by atoms with E-state index in [9.17, 15) is 31.5 Å². The monoisotopic (exact) mass is 512 g/mol. The minimum Gasteiger partial charge on any atom is -0.388 e. The summed E-state index contributed by atoms with van der Waals surface area (Å²) in [7, 11) is -4.01. The number of nitrogens with one attached hydrogen (secondary N) is 2. The molecule has 0 aliphatic heterocycles. The molecule has 35 heavy (non-hydrogen) atoms. The molecule has 0 saturated heterocycles. The third kappa shape index (κ3) is 6.62. The predicted molar refractivity (Wildman–Crippen MR) is 126 cm³/mol. The molecule has 0 bridgehead atoms. The Kier molecular flexibility index (Phi) is 7.69. The van der Waals surface area contributed by atoms with Gasteiger partial charge in [-0.3, -0.25) is 4.79 Å². The van der Waals surface area contributed by atoms with Crippen LogP contribution in [0.1, 0.15) is 63.6 Å². The molecule has 0 radical (unpaired) electrons. The van der Waals surface area contributed by atoms with Crippen molar-refractivity contribution in [1.29, 1.82) is 0 Å². The van der Waals surface area contributed by atoms with E-state index in [0.29, 0.717) is 25.7 Å². The maximum Gasteiger partial charge on any atom is 0.416 e. The van der Waals surface area contributed by atoms with Crippen LogP contribution in [0.5, 0.6) is 0 Å². The summed E-state index contributed by atoms with van der Waals surface area (Å²) >= 11 is 0. The SMILES string of the molecule is CC(C)(O)[C@@H](NC(=O)[C@]1(C)CC[C@@H](NS(=O)(=O)c2ccc(C(F)(F)F)cc2)CC1)c1ccccc1. The average molecular weight is 513 g/mol. The Morgan fingerprint density at radius 3 is 2.06 bits per heavy atom. The minimum atomic E-state index is -4.55. The Morgan fingerprint density at radius 2 is 1.57 bits per heavy atom. The quantitative estimate of drug-likeness (QED) is 0.507. The molecular formula is C25H31F3N2O4S. The average Bonchev–Trinajstić information content (AvgIpc) is 2.78. The first-order valence-corrected chi connectivity index (χ1v) is 12.9. The molecule has 10 heteroatoms. The molecule has 1 fully saturated rings. The van der Waals surface area contributed by atoms with Crippen LogP contribution >= 0.6 is 0 Å². The van der Waals surface area contributed by atoms with E-state index in [2.05, 4.69) is 10.0 Å². The van der Waals surface area contributed by atoms with Gasteiger partial charge in [0.1, 0.15) is 0 Å². The van der Waals surface area contributed by atoms with E-state index >= 15 is 0 Å². The molecule has 2 aromatic rings.